The van der Waals surface area contributed by atoms with E-state index in [1.165, 1.54) is 18.2 Å². The molecule has 2 aromatic rings. The molecule has 2 heterocycles. The van der Waals surface area contributed by atoms with Crippen molar-refractivity contribution < 1.29 is 4.39 Å². The Morgan fingerprint density at radius 3 is 1.92 bits per heavy atom. The molecule has 0 saturated heterocycles. The number of nitrogens with zero attached hydrogens (tertiary/aromatic N) is 2. The maximum Gasteiger partial charge on any atom is 0.144 e. The lowest BCUT2D eigenvalue weighted by atomic mass is 10.2. The van der Waals surface area contributed by atoms with E-state index in [0.717, 1.165) is 17.1 Å². The van der Waals surface area contributed by atoms with Crippen LogP contribution in [0.25, 0.3) is 0 Å². The second kappa shape index (κ2) is 14.4. The van der Waals surface area contributed by atoms with Gasteiger partial charge in [0.15, 0.2) is 0 Å². The van der Waals surface area contributed by atoms with Gasteiger partial charge >= 0.3 is 0 Å². The van der Waals surface area contributed by atoms with Crippen molar-refractivity contribution in [2.24, 2.45) is 0 Å². The van der Waals surface area contributed by atoms with Crippen molar-refractivity contribution >= 4 is 0 Å². The molecule has 0 bridgehead atoms. The number of hydrogen-bond acceptors (Lipinski definition) is 2. The van der Waals surface area contributed by atoms with Gasteiger partial charge in [-0.25, -0.2) is 9.37 Å². The molecular weight excluding hydrogens is 299 g/mol. The molecule has 0 atom stereocenters. The first-order chi connectivity index (χ1) is 11.3. The van der Waals surface area contributed by atoms with E-state index < -0.39 is 0 Å². The van der Waals surface area contributed by atoms with Crippen molar-refractivity contribution in [2.75, 3.05) is 0 Å². The van der Waals surface area contributed by atoms with Crippen molar-refractivity contribution in [2.45, 2.75) is 61.8 Å². The van der Waals surface area contributed by atoms with E-state index in [1.807, 2.05) is 46.8 Å². The molecule has 0 N–H and O–H groups in total. The molecule has 0 radical (unpaired) electrons. The molecule has 3 heteroatoms. The van der Waals surface area contributed by atoms with Gasteiger partial charge in [0.05, 0.1) is 6.20 Å². The lowest BCUT2D eigenvalue weighted by molar-refractivity contribution is 0.610. The summed E-state index contributed by atoms with van der Waals surface area (Å²) >= 11 is 0. The first kappa shape index (κ1) is 24.0. The molecule has 0 aliphatic heterocycles. The first-order valence-corrected chi connectivity index (χ1v) is 8.34. The van der Waals surface area contributed by atoms with E-state index in [4.69, 9.17) is 6.42 Å². The van der Waals surface area contributed by atoms with Crippen molar-refractivity contribution in [3.05, 3.63) is 58.4 Å². The molecule has 0 saturated carbocycles. The van der Waals surface area contributed by atoms with Crippen LogP contribution in [0.3, 0.4) is 0 Å². The Labute approximate surface area is 147 Å². The smallest absolute Gasteiger partial charge is 0.144 e. The highest BCUT2D eigenvalue weighted by molar-refractivity contribution is 5.29. The summed E-state index contributed by atoms with van der Waals surface area (Å²) in [5.41, 5.74) is 4.38. The minimum atomic E-state index is -0.236. The summed E-state index contributed by atoms with van der Waals surface area (Å²) in [5, 5.41) is 0. The summed E-state index contributed by atoms with van der Waals surface area (Å²) in [6, 6.07) is 5.61. The first-order valence-electron chi connectivity index (χ1n) is 8.34. The van der Waals surface area contributed by atoms with Crippen molar-refractivity contribution in [3.63, 3.8) is 0 Å². The quantitative estimate of drug-likeness (QED) is 0.557. The van der Waals surface area contributed by atoms with Crippen LogP contribution in [0.15, 0.2) is 24.4 Å². The fourth-order valence-corrected chi connectivity index (χ4v) is 1.60. The minimum Gasteiger partial charge on any atom is -0.259 e. The number of pyridine rings is 2. The van der Waals surface area contributed by atoms with Crippen LogP contribution in [0.1, 0.15) is 62.3 Å². The van der Waals surface area contributed by atoms with E-state index in [-0.39, 0.29) is 5.82 Å². The van der Waals surface area contributed by atoms with Crippen LogP contribution in [0.5, 0.6) is 0 Å². The standard InChI is InChI=1S/C9H9N.C7H8FN.C3H8.C2H6/c1-4-9-6-7(2)5-8(3)10-9;1-5-3-6(2)9-4-7(5)8;1-3-2;1-2/h1,5-6H,2-3H3;3-4H,1-2H3;3H2,1-2H3;1-2H3. The van der Waals surface area contributed by atoms with Gasteiger partial charge in [0, 0.05) is 11.4 Å². The van der Waals surface area contributed by atoms with Crippen LogP contribution in [0, 0.1) is 45.9 Å². The van der Waals surface area contributed by atoms with Gasteiger partial charge in [-0.3, -0.25) is 4.98 Å². The van der Waals surface area contributed by atoms with Crippen LogP contribution in [0.4, 0.5) is 4.39 Å². The summed E-state index contributed by atoms with van der Waals surface area (Å²) in [6.07, 6.45) is 7.67. The summed E-state index contributed by atoms with van der Waals surface area (Å²) in [4.78, 5) is 7.88. The van der Waals surface area contributed by atoms with Crippen LogP contribution >= 0.6 is 0 Å². The molecule has 0 aromatic carbocycles. The van der Waals surface area contributed by atoms with Crippen molar-refractivity contribution in [3.8, 4) is 12.3 Å². The zero-order valence-electron chi connectivity index (χ0n) is 16.4. The number of terminal acetylenes is 1. The third kappa shape index (κ3) is 11.4. The van der Waals surface area contributed by atoms with Crippen LogP contribution < -0.4 is 0 Å². The van der Waals surface area contributed by atoms with E-state index in [1.54, 1.807) is 13.0 Å². The van der Waals surface area contributed by atoms with E-state index in [0.29, 0.717) is 5.56 Å². The van der Waals surface area contributed by atoms with Gasteiger partial charge in [0.1, 0.15) is 11.5 Å². The Balaban J connectivity index is 0. The van der Waals surface area contributed by atoms with E-state index in [2.05, 4.69) is 29.7 Å². The third-order valence-corrected chi connectivity index (χ3v) is 2.43. The van der Waals surface area contributed by atoms with Gasteiger partial charge in [-0.1, -0.05) is 40.0 Å². The summed E-state index contributed by atoms with van der Waals surface area (Å²) in [7, 11) is 0. The van der Waals surface area contributed by atoms with Crippen LogP contribution in [-0.4, -0.2) is 9.97 Å². The molecule has 0 unspecified atom stereocenters. The maximum atomic E-state index is 12.4. The number of hydrogen-bond donors (Lipinski definition) is 0. The maximum absolute atomic E-state index is 12.4. The van der Waals surface area contributed by atoms with Gasteiger partial charge in [0.25, 0.3) is 0 Å². The largest absolute Gasteiger partial charge is 0.259 e. The lowest BCUT2D eigenvalue weighted by Crippen LogP contribution is -1.87. The highest BCUT2D eigenvalue weighted by Crippen LogP contribution is 2.04. The SMILES string of the molecule is C#Cc1cc(C)cc(C)n1.CC.CCC.Cc1cc(C)c(F)cn1. The normalized spacial score (nSPS) is 8.33. The Morgan fingerprint density at radius 1 is 1.00 bits per heavy atom. The molecule has 0 spiro atoms. The van der Waals surface area contributed by atoms with E-state index >= 15 is 0 Å². The second-order valence-corrected chi connectivity index (χ2v) is 5.10. The zero-order chi connectivity index (χ0) is 19.1. The fraction of sp³-hybridized carbons (Fsp3) is 0.429. The molecular formula is C21H31FN2. The topological polar surface area (TPSA) is 25.8 Å². The predicted octanol–water partition coefficient (Wildman–Crippen LogP) is 5.96. The Hall–Kier alpha value is -2.21. The molecule has 2 rings (SSSR count). The van der Waals surface area contributed by atoms with Gasteiger partial charge in [-0.15, -0.1) is 6.42 Å². The zero-order valence-corrected chi connectivity index (χ0v) is 16.4. The molecule has 2 aromatic heterocycles. The predicted molar refractivity (Wildman–Crippen MR) is 103 cm³/mol. The number of aromatic nitrogens is 2. The van der Waals surface area contributed by atoms with Crippen LogP contribution in [0.2, 0.25) is 0 Å². The highest BCUT2D eigenvalue weighted by Gasteiger charge is 1.94. The van der Waals surface area contributed by atoms with Gasteiger partial charge in [0.2, 0.25) is 0 Å². The fourth-order valence-electron chi connectivity index (χ4n) is 1.60. The van der Waals surface area contributed by atoms with Gasteiger partial charge in [-0.05, 0) is 57.0 Å². The van der Waals surface area contributed by atoms with Gasteiger partial charge < -0.3 is 0 Å². The Morgan fingerprint density at radius 2 is 1.54 bits per heavy atom. The van der Waals surface area contributed by atoms with Crippen molar-refractivity contribution in [1.29, 1.82) is 0 Å². The van der Waals surface area contributed by atoms with Gasteiger partial charge in [-0.2, -0.15) is 0 Å². The number of aryl methyl sites for hydroxylation is 4. The van der Waals surface area contributed by atoms with E-state index in [9.17, 15) is 4.39 Å². The molecule has 0 fully saturated rings. The summed E-state index contributed by atoms with van der Waals surface area (Å²) in [5.74, 6) is 2.26. The Bertz CT molecular complexity index is 608. The second-order valence-electron chi connectivity index (χ2n) is 5.10. The average Bonchev–Trinajstić information content (AvgIpc) is 2.53. The summed E-state index contributed by atoms with van der Waals surface area (Å²) < 4.78 is 12.4. The highest BCUT2D eigenvalue weighted by atomic mass is 19.1. The molecule has 24 heavy (non-hydrogen) atoms. The third-order valence-electron chi connectivity index (χ3n) is 2.43. The molecule has 132 valence electrons. The molecule has 2 nitrogen and oxygen atoms in total. The summed E-state index contributed by atoms with van der Waals surface area (Å²) in [6.45, 7) is 15.8. The molecule has 0 aliphatic carbocycles. The number of halogens is 1. The monoisotopic (exact) mass is 330 g/mol. The number of rotatable bonds is 0. The average molecular weight is 330 g/mol. The van der Waals surface area contributed by atoms with Crippen molar-refractivity contribution in [1.82, 2.24) is 9.97 Å². The minimum absolute atomic E-state index is 0.236. The molecule has 0 aliphatic rings. The Kier molecular flexibility index (Phi) is 14.4. The molecule has 0 amide bonds. The van der Waals surface area contributed by atoms with Crippen LogP contribution in [-0.2, 0) is 0 Å². The lowest BCUT2D eigenvalue weighted by Gasteiger charge is -1.95.